The van der Waals surface area contributed by atoms with Gasteiger partial charge in [0.05, 0.1) is 4.47 Å². The average Bonchev–Trinajstić information content (AvgIpc) is 2.07. The second-order valence-corrected chi connectivity index (χ2v) is 4.86. The van der Waals surface area contributed by atoms with Gasteiger partial charge in [-0.25, -0.2) is 4.98 Å². The number of rotatable bonds is 4. The Morgan fingerprint density at radius 2 is 2.14 bits per heavy atom. The van der Waals surface area contributed by atoms with E-state index in [2.05, 4.69) is 47.0 Å². The molecule has 0 amide bonds. The lowest BCUT2D eigenvalue weighted by Gasteiger charge is -2.17. The lowest BCUT2D eigenvalue weighted by Crippen LogP contribution is -2.18. The predicted octanol–water partition coefficient (Wildman–Crippen LogP) is 3.69. The van der Waals surface area contributed by atoms with E-state index in [1.807, 2.05) is 12.1 Å². The maximum atomic E-state index is 4.27. The molecule has 0 aliphatic rings. The third-order valence-corrected chi connectivity index (χ3v) is 2.61. The van der Waals surface area contributed by atoms with Crippen LogP contribution in [0.1, 0.15) is 27.2 Å². The van der Waals surface area contributed by atoms with Crippen molar-refractivity contribution in [1.82, 2.24) is 4.98 Å². The van der Waals surface area contributed by atoms with Crippen LogP contribution < -0.4 is 5.32 Å². The molecule has 1 heterocycles. The van der Waals surface area contributed by atoms with Crippen LogP contribution >= 0.6 is 15.9 Å². The number of anilines is 1. The highest BCUT2D eigenvalue weighted by Gasteiger charge is 2.07. The summed E-state index contributed by atoms with van der Waals surface area (Å²) in [4.78, 5) is 4.27. The molecule has 2 nitrogen and oxygen atoms in total. The van der Waals surface area contributed by atoms with Gasteiger partial charge in [-0.2, -0.15) is 0 Å². The molecule has 0 aliphatic heterocycles. The van der Waals surface area contributed by atoms with Gasteiger partial charge >= 0.3 is 0 Å². The van der Waals surface area contributed by atoms with Crippen molar-refractivity contribution < 1.29 is 0 Å². The number of halogens is 1. The summed E-state index contributed by atoms with van der Waals surface area (Å²) in [5, 5.41) is 3.38. The van der Waals surface area contributed by atoms with E-state index in [0.29, 0.717) is 12.0 Å². The third kappa shape index (κ3) is 3.66. The fraction of sp³-hybridized carbons (Fsp3) is 0.545. The van der Waals surface area contributed by atoms with Crippen LogP contribution in [0.4, 0.5) is 5.82 Å². The lowest BCUT2D eigenvalue weighted by molar-refractivity contribution is 0.538. The fourth-order valence-electron chi connectivity index (χ4n) is 1.49. The van der Waals surface area contributed by atoms with Crippen LogP contribution in [0.3, 0.4) is 0 Å². The second-order valence-electron chi connectivity index (χ2n) is 4.01. The van der Waals surface area contributed by atoms with E-state index in [-0.39, 0.29) is 0 Å². The Morgan fingerprint density at radius 1 is 1.43 bits per heavy atom. The summed E-state index contributed by atoms with van der Waals surface area (Å²) in [6, 6.07) is 4.38. The first-order valence-electron chi connectivity index (χ1n) is 4.96. The molecule has 1 N–H and O–H groups in total. The van der Waals surface area contributed by atoms with Crippen LogP contribution in [0.2, 0.25) is 0 Å². The van der Waals surface area contributed by atoms with Gasteiger partial charge in [0.1, 0.15) is 5.82 Å². The van der Waals surface area contributed by atoms with Crippen LogP contribution in [-0.2, 0) is 0 Å². The Hall–Kier alpha value is -0.570. The van der Waals surface area contributed by atoms with Gasteiger partial charge in [0.25, 0.3) is 0 Å². The van der Waals surface area contributed by atoms with E-state index in [1.54, 1.807) is 6.20 Å². The number of hydrogen-bond acceptors (Lipinski definition) is 2. The minimum atomic E-state index is 0.459. The van der Waals surface area contributed by atoms with Crippen molar-refractivity contribution in [2.75, 3.05) is 5.32 Å². The van der Waals surface area contributed by atoms with Gasteiger partial charge < -0.3 is 5.32 Å². The Morgan fingerprint density at radius 3 is 2.71 bits per heavy atom. The SMILES string of the molecule is CC(C)CC(C)Nc1ncccc1Br. The fourth-order valence-corrected chi connectivity index (χ4v) is 1.86. The monoisotopic (exact) mass is 256 g/mol. The van der Waals surface area contributed by atoms with Crippen molar-refractivity contribution in [3.63, 3.8) is 0 Å². The van der Waals surface area contributed by atoms with Gasteiger partial charge in [-0.15, -0.1) is 0 Å². The minimum Gasteiger partial charge on any atom is -0.367 e. The zero-order valence-electron chi connectivity index (χ0n) is 8.92. The number of nitrogens with zero attached hydrogens (tertiary/aromatic N) is 1. The first-order valence-corrected chi connectivity index (χ1v) is 5.76. The lowest BCUT2D eigenvalue weighted by atomic mass is 10.1. The number of pyridine rings is 1. The van der Waals surface area contributed by atoms with Crippen LogP contribution in [0.25, 0.3) is 0 Å². The van der Waals surface area contributed by atoms with Crippen LogP contribution in [0.15, 0.2) is 22.8 Å². The topological polar surface area (TPSA) is 24.9 Å². The minimum absolute atomic E-state index is 0.459. The number of aromatic nitrogens is 1. The Labute approximate surface area is 94.3 Å². The molecule has 0 aliphatic carbocycles. The molecule has 1 unspecified atom stereocenters. The molecular weight excluding hydrogens is 240 g/mol. The zero-order valence-corrected chi connectivity index (χ0v) is 10.5. The van der Waals surface area contributed by atoms with Gasteiger partial charge in [0, 0.05) is 12.2 Å². The average molecular weight is 257 g/mol. The number of hydrogen-bond donors (Lipinski definition) is 1. The Kier molecular flexibility index (Phi) is 4.39. The first-order chi connectivity index (χ1) is 6.59. The predicted molar refractivity (Wildman–Crippen MR) is 64.5 cm³/mol. The Balaban J connectivity index is 2.56. The van der Waals surface area contributed by atoms with Crippen molar-refractivity contribution in [2.24, 2.45) is 5.92 Å². The maximum Gasteiger partial charge on any atom is 0.140 e. The highest BCUT2D eigenvalue weighted by molar-refractivity contribution is 9.10. The van der Waals surface area contributed by atoms with Crippen molar-refractivity contribution in [3.05, 3.63) is 22.8 Å². The van der Waals surface area contributed by atoms with Crippen molar-refractivity contribution in [2.45, 2.75) is 33.2 Å². The van der Waals surface area contributed by atoms with Gasteiger partial charge in [-0.05, 0) is 47.3 Å². The molecule has 1 atom stereocenters. The van der Waals surface area contributed by atoms with Crippen molar-refractivity contribution >= 4 is 21.7 Å². The molecule has 1 rings (SSSR count). The molecular formula is C11H17BrN2. The summed E-state index contributed by atoms with van der Waals surface area (Å²) in [5.74, 6) is 1.64. The smallest absolute Gasteiger partial charge is 0.140 e. The summed E-state index contributed by atoms with van der Waals surface area (Å²) in [6.07, 6.45) is 2.96. The van der Waals surface area contributed by atoms with Gasteiger partial charge in [0.2, 0.25) is 0 Å². The van der Waals surface area contributed by atoms with Crippen molar-refractivity contribution in [3.8, 4) is 0 Å². The molecule has 0 saturated heterocycles. The molecule has 1 aromatic heterocycles. The quantitative estimate of drug-likeness (QED) is 0.889. The number of nitrogens with one attached hydrogen (secondary N) is 1. The van der Waals surface area contributed by atoms with Gasteiger partial charge in [-0.3, -0.25) is 0 Å². The van der Waals surface area contributed by atoms with Crippen LogP contribution in [0.5, 0.6) is 0 Å². The molecule has 0 bridgehead atoms. The maximum absolute atomic E-state index is 4.27. The van der Waals surface area contributed by atoms with Gasteiger partial charge in [0.15, 0.2) is 0 Å². The molecule has 0 saturated carbocycles. The van der Waals surface area contributed by atoms with Crippen LogP contribution in [-0.4, -0.2) is 11.0 Å². The first kappa shape index (κ1) is 11.5. The molecule has 14 heavy (non-hydrogen) atoms. The largest absolute Gasteiger partial charge is 0.367 e. The van der Waals surface area contributed by atoms with E-state index in [4.69, 9.17) is 0 Å². The molecule has 0 aromatic carbocycles. The summed E-state index contributed by atoms with van der Waals surface area (Å²) in [5.41, 5.74) is 0. The second kappa shape index (κ2) is 5.35. The van der Waals surface area contributed by atoms with E-state index in [1.165, 1.54) is 0 Å². The molecule has 0 spiro atoms. The van der Waals surface area contributed by atoms with E-state index >= 15 is 0 Å². The highest BCUT2D eigenvalue weighted by atomic mass is 79.9. The standard InChI is InChI=1S/C11H17BrN2/c1-8(2)7-9(3)14-11-10(12)5-4-6-13-11/h4-6,8-9H,7H2,1-3H3,(H,13,14). The normalized spacial score (nSPS) is 12.9. The summed E-state index contributed by atoms with van der Waals surface area (Å²) >= 11 is 3.47. The summed E-state index contributed by atoms with van der Waals surface area (Å²) < 4.78 is 1.02. The zero-order chi connectivity index (χ0) is 10.6. The third-order valence-electron chi connectivity index (χ3n) is 1.97. The molecule has 1 aromatic rings. The van der Waals surface area contributed by atoms with E-state index < -0.39 is 0 Å². The summed E-state index contributed by atoms with van der Waals surface area (Å²) in [6.45, 7) is 6.64. The Bertz CT molecular complexity index is 286. The van der Waals surface area contributed by atoms with E-state index in [0.717, 1.165) is 16.7 Å². The molecule has 3 heteroatoms. The van der Waals surface area contributed by atoms with E-state index in [9.17, 15) is 0 Å². The summed E-state index contributed by atoms with van der Waals surface area (Å²) in [7, 11) is 0. The molecule has 78 valence electrons. The van der Waals surface area contributed by atoms with Crippen LogP contribution in [0, 0.1) is 5.92 Å². The molecule has 0 fully saturated rings. The van der Waals surface area contributed by atoms with Crippen molar-refractivity contribution in [1.29, 1.82) is 0 Å². The molecule has 0 radical (unpaired) electrons. The van der Waals surface area contributed by atoms with Gasteiger partial charge in [-0.1, -0.05) is 13.8 Å². The highest BCUT2D eigenvalue weighted by Crippen LogP contribution is 2.20.